The smallest absolute Gasteiger partial charge is 0.225 e. The SMILES string of the molecule is CCCCC[N+]1(N2NNNC2S(=O)(=O)C(F)(F)C(F)(F)F)CCCC1. The Bertz CT molecular complexity index is 565. The largest absolute Gasteiger partial charge is 0.469 e. The van der Waals surface area contributed by atoms with Crippen LogP contribution >= 0.6 is 0 Å². The molecule has 2 saturated heterocycles. The third kappa shape index (κ3) is 3.62. The molecule has 25 heavy (non-hydrogen) atoms. The van der Waals surface area contributed by atoms with Crippen LogP contribution in [0.4, 0.5) is 22.0 Å². The van der Waals surface area contributed by atoms with Crippen LogP contribution in [0, 0.1) is 0 Å². The van der Waals surface area contributed by atoms with Crippen molar-refractivity contribution in [3.05, 3.63) is 0 Å². The van der Waals surface area contributed by atoms with Gasteiger partial charge in [-0.15, -0.1) is 5.53 Å². The molecule has 2 heterocycles. The van der Waals surface area contributed by atoms with Gasteiger partial charge < -0.3 is 0 Å². The molecule has 0 radical (unpaired) electrons. The van der Waals surface area contributed by atoms with Gasteiger partial charge in [-0.3, -0.25) is 0 Å². The van der Waals surface area contributed by atoms with Gasteiger partial charge in [0.05, 0.1) is 19.6 Å². The molecule has 2 aliphatic heterocycles. The highest BCUT2D eigenvalue weighted by molar-refractivity contribution is 7.93. The number of hydrogen-bond acceptors (Lipinski definition) is 6. The van der Waals surface area contributed by atoms with Crippen molar-refractivity contribution in [1.82, 2.24) is 21.6 Å². The number of hydrazine groups is 3. The average molecular weight is 396 g/mol. The molecular weight excluding hydrogens is 373 g/mol. The van der Waals surface area contributed by atoms with E-state index in [1.54, 1.807) is 0 Å². The van der Waals surface area contributed by atoms with Crippen molar-refractivity contribution < 1.29 is 35.0 Å². The Hall–Kier alpha value is -0.600. The lowest BCUT2D eigenvalue weighted by Gasteiger charge is -2.41. The number of alkyl halides is 5. The summed E-state index contributed by atoms with van der Waals surface area (Å²) in [5.41, 5.74) is 4.34. The molecule has 3 N–H and O–H groups in total. The van der Waals surface area contributed by atoms with Crippen molar-refractivity contribution in [2.75, 3.05) is 19.6 Å². The van der Waals surface area contributed by atoms with Crippen molar-refractivity contribution in [1.29, 1.82) is 0 Å². The van der Waals surface area contributed by atoms with E-state index in [-0.39, 0.29) is 4.59 Å². The lowest BCUT2D eigenvalue weighted by molar-refractivity contribution is -1.03. The topological polar surface area (TPSA) is 73.5 Å². The third-order valence-corrected chi connectivity index (χ3v) is 6.45. The van der Waals surface area contributed by atoms with Gasteiger partial charge in [-0.1, -0.05) is 13.3 Å². The minimum atomic E-state index is -6.19. The van der Waals surface area contributed by atoms with Gasteiger partial charge in [0.2, 0.25) is 5.50 Å². The molecule has 2 aliphatic rings. The molecule has 2 fully saturated rings. The number of rotatable bonds is 7. The van der Waals surface area contributed by atoms with Gasteiger partial charge in [-0.25, -0.2) is 18.4 Å². The molecule has 148 valence electrons. The third-order valence-electron chi connectivity index (χ3n) is 4.60. The molecule has 1 unspecified atom stereocenters. The van der Waals surface area contributed by atoms with Gasteiger partial charge in [0, 0.05) is 12.8 Å². The van der Waals surface area contributed by atoms with Crippen LogP contribution in [-0.4, -0.2) is 54.7 Å². The zero-order valence-corrected chi connectivity index (χ0v) is 14.6. The fourth-order valence-corrected chi connectivity index (χ4v) is 4.57. The second-order valence-electron chi connectivity index (χ2n) is 6.32. The first kappa shape index (κ1) is 20.7. The number of sulfone groups is 1. The van der Waals surface area contributed by atoms with Crippen molar-refractivity contribution in [3.63, 3.8) is 0 Å². The molecule has 0 spiro atoms. The monoisotopic (exact) mass is 396 g/mol. The Morgan fingerprint density at radius 2 is 1.72 bits per heavy atom. The Balaban J connectivity index is 2.32. The summed E-state index contributed by atoms with van der Waals surface area (Å²) >= 11 is 0. The zero-order chi connectivity index (χ0) is 18.9. The Labute approximate surface area is 142 Å². The minimum absolute atomic E-state index is 0.00215. The first-order valence-corrected chi connectivity index (χ1v) is 9.64. The van der Waals surface area contributed by atoms with E-state index in [1.807, 2.05) is 12.3 Å². The van der Waals surface area contributed by atoms with Gasteiger partial charge in [-0.2, -0.15) is 27.5 Å². The normalized spacial score (nSPS) is 25.6. The predicted octanol–water partition coefficient (Wildman–Crippen LogP) is 1.39. The molecule has 2 rings (SSSR count). The van der Waals surface area contributed by atoms with E-state index in [4.69, 9.17) is 0 Å². The molecule has 13 heteroatoms. The van der Waals surface area contributed by atoms with Crippen molar-refractivity contribution in [2.24, 2.45) is 0 Å². The second-order valence-corrected chi connectivity index (χ2v) is 8.37. The van der Waals surface area contributed by atoms with E-state index in [2.05, 4.69) is 11.1 Å². The van der Waals surface area contributed by atoms with E-state index >= 15 is 0 Å². The number of quaternary nitrogens is 1. The van der Waals surface area contributed by atoms with Crippen LogP contribution in [0.15, 0.2) is 0 Å². The highest BCUT2D eigenvalue weighted by Crippen LogP contribution is 2.42. The number of nitrogens with one attached hydrogen (secondary N) is 3. The molecule has 0 amide bonds. The molecule has 0 aromatic rings. The fraction of sp³-hybridized carbons (Fsp3) is 1.00. The van der Waals surface area contributed by atoms with Crippen LogP contribution in [0.3, 0.4) is 0 Å². The summed E-state index contributed by atoms with van der Waals surface area (Å²) in [4.78, 5) is 0. The van der Waals surface area contributed by atoms with Crippen LogP contribution in [0.1, 0.15) is 39.0 Å². The Morgan fingerprint density at radius 1 is 1.12 bits per heavy atom. The maximum Gasteiger partial charge on any atom is 0.469 e. The number of nitrogens with zero attached hydrogens (tertiary/aromatic N) is 2. The molecular formula is C12H23F5N5O2S+. The highest BCUT2D eigenvalue weighted by Gasteiger charge is 2.71. The molecule has 0 saturated carbocycles. The Kier molecular flexibility index (Phi) is 5.96. The predicted molar refractivity (Wildman–Crippen MR) is 78.6 cm³/mol. The molecule has 0 aromatic heterocycles. The van der Waals surface area contributed by atoms with Crippen molar-refractivity contribution in [3.8, 4) is 0 Å². The summed E-state index contributed by atoms with van der Waals surface area (Å²) in [6.07, 6.45) is -2.28. The fourth-order valence-electron chi connectivity index (χ4n) is 3.24. The second kappa shape index (κ2) is 7.19. The van der Waals surface area contributed by atoms with Gasteiger partial charge in [0.25, 0.3) is 9.84 Å². The summed E-state index contributed by atoms with van der Waals surface area (Å²) in [6.45, 7) is 3.35. The number of unbranched alkanes of at least 4 members (excludes halogenated alkanes) is 2. The lowest BCUT2D eigenvalue weighted by Crippen LogP contribution is -2.68. The van der Waals surface area contributed by atoms with E-state index in [9.17, 15) is 30.4 Å². The number of hydrogen-bond donors (Lipinski definition) is 3. The first-order chi connectivity index (χ1) is 11.5. The minimum Gasteiger partial charge on any atom is -0.225 e. The van der Waals surface area contributed by atoms with Gasteiger partial charge in [0.15, 0.2) is 0 Å². The standard InChI is InChI=1S/C12H23F5N5O2S/c1-2-3-4-7-22(8-5-6-9-22)21-10(18-19-20-21)25(23,24)12(16,17)11(13,14)15/h10,18-20H,2-9H2,1H3/q+1. The van der Waals surface area contributed by atoms with Crippen molar-refractivity contribution in [2.45, 2.75) is 56.0 Å². The van der Waals surface area contributed by atoms with Crippen LogP contribution in [0.25, 0.3) is 0 Å². The molecule has 0 bridgehead atoms. The van der Waals surface area contributed by atoms with Gasteiger partial charge in [-0.05, 0) is 18.0 Å². The summed E-state index contributed by atoms with van der Waals surface area (Å²) in [5.74, 6) is 0. The first-order valence-electron chi connectivity index (χ1n) is 8.09. The van der Waals surface area contributed by atoms with E-state index in [1.165, 1.54) is 0 Å². The van der Waals surface area contributed by atoms with Gasteiger partial charge >= 0.3 is 11.4 Å². The molecule has 1 atom stereocenters. The molecule has 0 aromatic carbocycles. The number of halogens is 5. The summed E-state index contributed by atoms with van der Waals surface area (Å²) in [6, 6.07) is 0. The van der Waals surface area contributed by atoms with E-state index in [0.717, 1.165) is 30.8 Å². The highest BCUT2D eigenvalue weighted by atomic mass is 32.2. The van der Waals surface area contributed by atoms with Crippen LogP contribution in [-0.2, 0) is 9.84 Å². The van der Waals surface area contributed by atoms with E-state index in [0.29, 0.717) is 26.1 Å². The maximum absolute atomic E-state index is 13.6. The zero-order valence-electron chi connectivity index (χ0n) is 13.7. The van der Waals surface area contributed by atoms with E-state index < -0.39 is 26.8 Å². The quantitative estimate of drug-likeness (QED) is 0.343. The maximum atomic E-state index is 13.6. The lowest BCUT2D eigenvalue weighted by atomic mass is 10.2. The average Bonchev–Trinajstić information content (AvgIpc) is 3.16. The summed E-state index contributed by atoms with van der Waals surface area (Å²) < 4.78 is 89.2. The Morgan fingerprint density at radius 3 is 2.24 bits per heavy atom. The van der Waals surface area contributed by atoms with Gasteiger partial charge in [0.1, 0.15) is 0 Å². The summed E-state index contributed by atoms with van der Waals surface area (Å²) in [5, 5.41) is -4.92. The molecule has 7 nitrogen and oxygen atoms in total. The van der Waals surface area contributed by atoms with Crippen LogP contribution in [0.2, 0.25) is 0 Å². The van der Waals surface area contributed by atoms with Crippen LogP contribution in [0.5, 0.6) is 0 Å². The molecule has 0 aliphatic carbocycles. The van der Waals surface area contributed by atoms with Crippen LogP contribution < -0.4 is 16.5 Å². The number of likely N-dealkylation sites (tertiary alicyclic amines) is 1. The summed E-state index contributed by atoms with van der Waals surface area (Å²) in [7, 11) is -5.94. The van der Waals surface area contributed by atoms with Crippen molar-refractivity contribution >= 4 is 9.84 Å².